The van der Waals surface area contributed by atoms with E-state index >= 15 is 0 Å². The lowest BCUT2D eigenvalue weighted by Gasteiger charge is -2.14. The van der Waals surface area contributed by atoms with Gasteiger partial charge < -0.3 is 19.5 Å². The summed E-state index contributed by atoms with van der Waals surface area (Å²) in [6.07, 6.45) is 1.50. The monoisotopic (exact) mass is 475 g/mol. The van der Waals surface area contributed by atoms with Crippen LogP contribution < -0.4 is 25.0 Å². The largest absolute Gasteiger partial charge is 0.497 e. The van der Waals surface area contributed by atoms with Gasteiger partial charge in [0.1, 0.15) is 5.75 Å². The number of rotatable bonds is 10. The molecule has 3 aromatic carbocycles. The van der Waals surface area contributed by atoms with Crippen LogP contribution in [-0.2, 0) is 4.79 Å². The lowest BCUT2D eigenvalue weighted by molar-refractivity contribution is -0.118. The normalized spacial score (nSPS) is 10.6. The third-order valence-electron chi connectivity index (χ3n) is 5.22. The standard InChI is InChI=1S/C27H29N3O5/c1-5-34-25-14-20(16-28-30-27(32)21-9-7-10-22(15-21)33-4)12-13-24(25)35-17-26(31)29-23-11-6-8-18(2)19(23)3/h6-16H,5,17H2,1-4H3,(H,29,31)(H,30,32)/b28-16+. The molecule has 3 aromatic rings. The highest BCUT2D eigenvalue weighted by Gasteiger charge is 2.11. The van der Waals surface area contributed by atoms with Gasteiger partial charge in [-0.25, -0.2) is 5.43 Å². The number of nitrogens with zero attached hydrogens (tertiary/aromatic N) is 1. The molecule has 8 heteroatoms. The Hall–Kier alpha value is -4.33. The summed E-state index contributed by atoms with van der Waals surface area (Å²) in [4.78, 5) is 24.7. The zero-order valence-electron chi connectivity index (χ0n) is 20.3. The maximum absolute atomic E-state index is 12.4. The lowest BCUT2D eigenvalue weighted by Crippen LogP contribution is -2.21. The summed E-state index contributed by atoms with van der Waals surface area (Å²) in [6, 6.07) is 17.7. The van der Waals surface area contributed by atoms with Crippen molar-refractivity contribution in [3.63, 3.8) is 0 Å². The van der Waals surface area contributed by atoms with Gasteiger partial charge in [-0.2, -0.15) is 5.10 Å². The van der Waals surface area contributed by atoms with Gasteiger partial charge in [-0.15, -0.1) is 0 Å². The van der Waals surface area contributed by atoms with Gasteiger partial charge in [0.05, 0.1) is 19.9 Å². The number of amides is 2. The molecule has 0 saturated heterocycles. The SMILES string of the molecule is CCOc1cc(/C=N/NC(=O)c2cccc(OC)c2)ccc1OCC(=O)Nc1cccc(C)c1C. The molecule has 0 aliphatic carbocycles. The zero-order valence-corrected chi connectivity index (χ0v) is 20.3. The first kappa shape index (κ1) is 25.3. The molecule has 2 amide bonds. The van der Waals surface area contributed by atoms with Crippen molar-refractivity contribution >= 4 is 23.7 Å². The number of benzene rings is 3. The van der Waals surface area contributed by atoms with Gasteiger partial charge in [0, 0.05) is 11.3 Å². The Bertz CT molecular complexity index is 1220. The van der Waals surface area contributed by atoms with E-state index in [4.69, 9.17) is 14.2 Å². The third-order valence-corrected chi connectivity index (χ3v) is 5.22. The molecule has 0 bridgehead atoms. The Morgan fingerprint density at radius 3 is 2.54 bits per heavy atom. The van der Waals surface area contributed by atoms with Gasteiger partial charge in [0.25, 0.3) is 11.8 Å². The molecule has 0 spiro atoms. The van der Waals surface area contributed by atoms with Crippen molar-refractivity contribution < 1.29 is 23.8 Å². The Morgan fingerprint density at radius 2 is 1.77 bits per heavy atom. The topological polar surface area (TPSA) is 98.2 Å². The number of carbonyl (C=O) groups excluding carboxylic acids is 2. The van der Waals surface area contributed by atoms with Crippen molar-refractivity contribution in [2.45, 2.75) is 20.8 Å². The van der Waals surface area contributed by atoms with Crippen LogP contribution in [0.15, 0.2) is 65.8 Å². The van der Waals surface area contributed by atoms with Crippen LogP contribution in [0.1, 0.15) is 34.0 Å². The van der Waals surface area contributed by atoms with Gasteiger partial charge in [-0.3, -0.25) is 9.59 Å². The number of nitrogens with one attached hydrogen (secondary N) is 2. The first-order valence-corrected chi connectivity index (χ1v) is 11.1. The van der Waals surface area contributed by atoms with E-state index in [1.165, 1.54) is 13.3 Å². The molecule has 0 heterocycles. The van der Waals surface area contributed by atoms with Crippen LogP contribution in [0.3, 0.4) is 0 Å². The van der Waals surface area contributed by atoms with Crippen molar-refractivity contribution in [1.29, 1.82) is 0 Å². The number of hydrogen-bond acceptors (Lipinski definition) is 6. The predicted molar refractivity (Wildman–Crippen MR) is 136 cm³/mol. The Morgan fingerprint density at radius 1 is 0.971 bits per heavy atom. The van der Waals surface area contributed by atoms with Crippen LogP contribution in [0, 0.1) is 13.8 Å². The van der Waals surface area contributed by atoms with Crippen LogP contribution >= 0.6 is 0 Å². The smallest absolute Gasteiger partial charge is 0.271 e. The molecule has 0 aliphatic heterocycles. The van der Waals surface area contributed by atoms with E-state index in [2.05, 4.69) is 15.8 Å². The molecule has 0 aromatic heterocycles. The van der Waals surface area contributed by atoms with Gasteiger partial charge in [0.15, 0.2) is 18.1 Å². The second kappa shape index (κ2) is 12.2. The van der Waals surface area contributed by atoms with E-state index in [1.807, 2.05) is 39.0 Å². The van der Waals surface area contributed by atoms with Crippen LogP contribution in [0.25, 0.3) is 0 Å². The predicted octanol–water partition coefficient (Wildman–Crippen LogP) is 4.49. The summed E-state index contributed by atoms with van der Waals surface area (Å²) >= 11 is 0. The van der Waals surface area contributed by atoms with Crippen LogP contribution in [0.4, 0.5) is 5.69 Å². The Kier molecular flexibility index (Phi) is 8.83. The van der Waals surface area contributed by atoms with E-state index in [-0.39, 0.29) is 18.4 Å². The third kappa shape index (κ3) is 7.07. The van der Waals surface area contributed by atoms with Gasteiger partial charge in [-0.05, 0) is 79.9 Å². The van der Waals surface area contributed by atoms with E-state index < -0.39 is 0 Å². The zero-order chi connectivity index (χ0) is 25.2. The van der Waals surface area contributed by atoms with Crippen LogP contribution in [-0.4, -0.2) is 38.4 Å². The molecule has 8 nitrogen and oxygen atoms in total. The maximum atomic E-state index is 12.4. The average molecular weight is 476 g/mol. The van der Waals surface area contributed by atoms with Crippen LogP contribution in [0.2, 0.25) is 0 Å². The number of hydrogen-bond donors (Lipinski definition) is 2. The van der Waals surface area contributed by atoms with E-state index in [0.29, 0.717) is 35.0 Å². The summed E-state index contributed by atoms with van der Waals surface area (Å²) in [5.74, 6) is 0.851. The highest BCUT2D eigenvalue weighted by atomic mass is 16.5. The summed E-state index contributed by atoms with van der Waals surface area (Å²) in [7, 11) is 1.54. The summed E-state index contributed by atoms with van der Waals surface area (Å²) in [5.41, 5.74) is 6.47. The number of methoxy groups -OCH3 is 1. The quantitative estimate of drug-likeness (QED) is 0.333. The first-order chi connectivity index (χ1) is 16.9. The fourth-order valence-electron chi connectivity index (χ4n) is 3.20. The van der Waals surface area contributed by atoms with Crippen molar-refractivity contribution in [3.8, 4) is 17.2 Å². The molecule has 182 valence electrons. The number of aryl methyl sites for hydroxylation is 1. The minimum absolute atomic E-state index is 0.169. The number of hydrazone groups is 1. The molecule has 3 rings (SSSR count). The molecule has 0 radical (unpaired) electrons. The first-order valence-electron chi connectivity index (χ1n) is 11.1. The minimum atomic E-state index is -0.361. The summed E-state index contributed by atoms with van der Waals surface area (Å²) in [5, 5.41) is 6.88. The number of anilines is 1. The van der Waals surface area contributed by atoms with Crippen molar-refractivity contribution in [2.75, 3.05) is 25.6 Å². The lowest BCUT2D eigenvalue weighted by atomic mass is 10.1. The van der Waals surface area contributed by atoms with E-state index in [0.717, 1.165) is 16.8 Å². The van der Waals surface area contributed by atoms with Gasteiger partial charge >= 0.3 is 0 Å². The van der Waals surface area contributed by atoms with Crippen molar-refractivity contribution in [3.05, 3.63) is 82.9 Å². The molecule has 0 unspecified atom stereocenters. The van der Waals surface area contributed by atoms with E-state index in [1.54, 1.807) is 42.5 Å². The molecule has 0 fully saturated rings. The fraction of sp³-hybridized carbons (Fsp3) is 0.222. The highest BCUT2D eigenvalue weighted by Crippen LogP contribution is 2.28. The molecule has 2 N–H and O–H groups in total. The summed E-state index contributed by atoms with van der Waals surface area (Å²) in [6.45, 7) is 6.05. The van der Waals surface area contributed by atoms with Crippen LogP contribution in [0.5, 0.6) is 17.2 Å². The molecule has 0 atom stereocenters. The Labute approximate surface area is 204 Å². The second-order valence-electron chi connectivity index (χ2n) is 7.65. The molecular weight excluding hydrogens is 446 g/mol. The highest BCUT2D eigenvalue weighted by molar-refractivity contribution is 5.95. The average Bonchev–Trinajstić information content (AvgIpc) is 2.86. The van der Waals surface area contributed by atoms with Crippen molar-refractivity contribution in [2.24, 2.45) is 5.10 Å². The molecule has 35 heavy (non-hydrogen) atoms. The fourth-order valence-corrected chi connectivity index (χ4v) is 3.20. The van der Waals surface area contributed by atoms with Gasteiger partial charge in [0.2, 0.25) is 0 Å². The maximum Gasteiger partial charge on any atom is 0.271 e. The molecule has 0 aliphatic rings. The van der Waals surface area contributed by atoms with E-state index in [9.17, 15) is 9.59 Å². The molecule has 0 saturated carbocycles. The second-order valence-corrected chi connectivity index (χ2v) is 7.65. The minimum Gasteiger partial charge on any atom is -0.497 e. The molecular formula is C27H29N3O5. The van der Waals surface area contributed by atoms with Gasteiger partial charge in [-0.1, -0.05) is 18.2 Å². The number of carbonyl (C=O) groups is 2. The van der Waals surface area contributed by atoms with Crippen molar-refractivity contribution in [1.82, 2.24) is 5.43 Å². The Balaban J connectivity index is 1.61. The summed E-state index contributed by atoms with van der Waals surface area (Å²) < 4.78 is 16.5. The number of ether oxygens (including phenoxy) is 3.